The van der Waals surface area contributed by atoms with E-state index in [-0.39, 0.29) is 17.9 Å². The van der Waals surface area contributed by atoms with Crippen molar-refractivity contribution >= 4 is 21.6 Å². The summed E-state index contributed by atoms with van der Waals surface area (Å²) in [6.45, 7) is 7.46. The zero-order chi connectivity index (χ0) is 17.8. The summed E-state index contributed by atoms with van der Waals surface area (Å²) in [5.74, 6) is 0.555. The van der Waals surface area contributed by atoms with E-state index in [0.717, 1.165) is 10.6 Å². The molecule has 130 valence electrons. The van der Waals surface area contributed by atoms with Crippen LogP contribution in [0, 0.1) is 5.92 Å². The molecule has 1 aromatic rings. The number of nitrogens with one attached hydrogen (secondary N) is 1. The molecule has 1 N–H and O–H groups in total. The van der Waals surface area contributed by atoms with Crippen LogP contribution in [0.3, 0.4) is 0 Å². The van der Waals surface area contributed by atoms with E-state index in [1.165, 1.54) is 7.11 Å². The molecule has 0 aliphatic carbocycles. The molecule has 0 aromatic heterocycles. The summed E-state index contributed by atoms with van der Waals surface area (Å²) < 4.78 is 30.5. The first-order valence-electron chi connectivity index (χ1n) is 7.51. The third-order valence-corrected chi connectivity index (χ3v) is 5.03. The molecule has 2 atom stereocenters. The molecule has 6 nitrogen and oxygen atoms in total. The number of benzene rings is 1. The minimum absolute atomic E-state index is 0.0396. The Hall–Kier alpha value is -1.76. The molecule has 0 saturated heterocycles. The highest BCUT2D eigenvalue weighted by Gasteiger charge is 2.30. The molecule has 1 aromatic carbocycles. The standard InChI is InChI=1S/C16H26N2O4S/c1-11(2)12(3)17-16(19)13(4)18(23(6,20)21)14-7-9-15(22-5)10-8-14/h7-13H,1-6H3,(H,17,19)/t12-,13-/m1/s1. The summed E-state index contributed by atoms with van der Waals surface area (Å²) in [5, 5.41) is 2.85. The van der Waals surface area contributed by atoms with E-state index in [2.05, 4.69) is 5.32 Å². The molecule has 1 rings (SSSR count). The smallest absolute Gasteiger partial charge is 0.243 e. The van der Waals surface area contributed by atoms with Crippen molar-refractivity contribution < 1.29 is 17.9 Å². The van der Waals surface area contributed by atoms with Crippen LogP contribution >= 0.6 is 0 Å². The minimum Gasteiger partial charge on any atom is -0.497 e. The van der Waals surface area contributed by atoms with Crippen LogP contribution in [0.2, 0.25) is 0 Å². The molecule has 0 spiro atoms. The maximum atomic E-state index is 12.4. The first-order valence-corrected chi connectivity index (χ1v) is 9.36. The van der Waals surface area contributed by atoms with Gasteiger partial charge >= 0.3 is 0 Å². The predicted molar refractivity (Wildman–Crippen MR) is 92.2 cm³/mol. The van der Waals surface area contributed by atoms with Crippen LogP contribution < -0.4 is 14.4 Å². The number of sulfonamides is 1. The van der Waals surface area contributed by atoms with Gasteiger partial charge in [-0.05, 0) is 44.0 Å². The fraction of sp³-hybridized carbons (Fsp3) is 0.562. The van der Waals surface area contributed by atoms with Gasteiger partial charge in [-0.15, -0.1) is 0 Å². The highest BCUT2D eigenvalue weighted by molar-refractivity contribution is 7.92. The average Bonchev–Trinajstić information content (AvgIpc) is 2.46. The van der Waals surface area contributed by atoms with Crippen molar-refractivity contribution in [3.05, 3.63) is 24.3 Å². The Bertz CT molecular complexity index is 626. The first kappa shape index (κ1) is 19.3. The Kier molecular flexibility index (Phi) is 6.44. The second-order valence-corrected chi connectivity index (χ2v) is 7.83. The van der Waals surface area contributed by atoms with Crippen LogP contribution in [-0.2, 0) is 14.8 Å². The number of methoxy groups -OCH3 is 1. The van der Waals surface area contributed by atoms with Gasteiger partial charge in [-0.25, -0.2) is 8.42 Å². The summed E-state index contributed by atoms with van der Waals surface area (Å²) in [7, 11) is -2.07. The third kappa shape index (κ3) is 5.13. The number of carbonyl (C=O) groups excluding carboxylic acids is 1. The van der Waals surface area contributed by atoms with Gasteiger partial charge in [-0.3, -0.25) is 9.10 Å². The third-order valence-electron chi connectivity index (χ3n) is 3.79. The van der Waals surface area contributed by atoms with Gasteiger partial charge in [0.25, 0.3) is 0 Å². The molecule has 0 radical (unpaired) electrons. The van der Waals surface area contributed by atoms with Crippen LogP contribution in [-0.4, -0.2) is 39.8 Å². The Morgan fingerprint density at radius 3 is 2.04 bits per heavy atom. The van der Waals surface area contributed by atoms with Gasteiger partial charge in [0.1, 0.15) is 11.8 Å². The second-order valence-electron chi connectivity index (χ2n) is 5.97. The van der Waals surface area contributed by atoms with Gasteiger partial charge < -0.3 is 10.1 Å². The number of hydrogen-bond donors (Lipinski definition) is 1. The number of rotatable bonds is 7. The summed E-state index contributed by atoms with van der Waals surface area (Å²) in [4.78, 5) is 12.4. The number of nitrogens with zero attached hydrogens (tertiary/aromatic N) is 1. The van der Waals surface area contributed by atoms with Crippen molar-refractivity contribution in [2.75, 3.05) is 17.7 Å². The van der Waals surface area contributed by atoms with E-state index in [0.29, 0.717) is 11.4 Å². The van der Waals surface area contributed by atoms with Crippen molar-refractivity contribution in [3.63, 3.8) is 0 Å². The van der Waals surface area contributed by atoms with Crippen molar-refractivity contribution in [2.24, 2.45) is 5.92 Å². The topological polar surface area (TPSA) is 75.7 Å². The molecule has 0 unspecified atom stereocenters. The average molecular weight is 342 g/mol. The van der Waals surface area contributed by atoms with Gasteiger partial charge in [-0.1, -0.05) is 13.8 Å². The molecule has 0 saturated carbocycles. The predicted octanol–water partition coefficient (Wildman–Crippen LogP) is 2.01. The molecule has 7 heteroatoms. The molecule has 0 heterocycles. The first-order chi connectivity index (χ1) is 10.6. The largest absolute Gasteiger partial charge is 0.497 e. The zero-order valence-electron chi connectivity index (χ0n) is 14.5. The SMILES string of the molecule is COc1ccc(N([C@H](C)C(=O)N[C@H](C)C(C)C)S(C)(=O)=O)cc1. The number of anilines is 1. The van der Waals surface area contributed by atoms with Gasteiger partial charge in [0.15, 0.2) is 0 Å². The van der Waals surface area contributed by atoms with Crippen LogP contribution in [0.5, 0.6) is 5.75 Å². The van der Waals surface area contributed by atoms with E-state index >= 15 is 0 Å². The highest BCUT2D eigenvalue weighted by atomic mass is 32.2. The molecular weight excluding hydrogens is 316 g/mol. The zero-order valence-corrected chi connectivity index (χ0v) is 15.3. The molecule has 1 amide bonds. The number of amides is 1. The lowest BCUT2D eigenvalue weighted by atomic mass is 10.1. The Labute approximate surface area is 138 Å². The lowest BCUT2D eigenvalue weighted by Crippen LogP contribution is -2.50. The Morgan fingerprint density at radius 1 is 1.13 bits per heavy atom. The summed E-state index contributed by atoms with van der Waals surface area (Å²) >= 11 is 0. The van der Waals surface area contributed by atoms with Crippen molar-refractivity contribution in [1.82, 2.24) is 5.32 Å². The quantitative estimate of drug-likeness (QED) is 0.822. The van der Waals surface area contributed by atoms with E-state index in [1.807, 2.05) is 20.8 Å². The molecular formula is C16H26N2O4S. The van der Waals surface area contributed by atoms with Crippen LogP contribution in [0.25, 0.3) is 0 Å². The van der Waals surface area contributed by atoms with Crippen molar-refractivity contribution in [1.29, 1.82) is 0 Å². The van der Waals surface area contributed by atoms with E-state index in [4.69, 9.17) is 4.74 Å². The van der Waals surface area contributed by atoms with Gasteiger partial charge in [0.2, 0.25) is 15.9 Å². The highest BCUT2D eigenvalue weighted by Crippen LogP contribution is 2.23. The molecule has 23 heavy (non-hydrogen) atoms. The fourth-order valence-electron chi connectivity index (χ4n) is 2.05. The van der Waals surface area contributed by atoms with E-state index < -0.39 is 16.1 Å². The van der Waals surface area contributed by atoms with Crippen molar-refractivity contribution in [3.8, 4) is 5.75 Å². The van der Waals surface area contributed by atoms with E-state index in [9.17, 15) is 13.2 Å². The maximum absolute atomic E-state index is 12.4. The lowest BCUT2D eigenvalue weighted by Gasteiger charge is -2.30. The van der Waals surface area contributed by atoms with Gasteiger partial charge in [-0.2, -0.15) is 0 Å². The molecule has 0 aliphatic rings. The molecule has 0 fully saturated rings. The summed E-state index contributed by atoms with van der Waals surface area (Å²) in [5.41, 5.74) is 0.424. The van der Waals surface area contributed by atoms with Crippen LogP contribution in [0.4, 0.5) is 5.69 Å². The molecule has 0 aliphatic heterocycles. The fourth-order valence-corrected chi connectivity index (χ4v) is 3.22. The second kappa shape index (κ2) is 7.68. The van der Waals surface area contributed by atoms with E-state index in [1.54, 1.807) is 31.2 Å². The normalized spacial score (nSPS) is 14.2. The van der Waals surface area contributed by atoms with Crippen LogP contribution in [0.15, 0.2) is 24.3 Å². The maximum Gasteiger partial charge on any atom is 0.243 e. The van der Waals surface area contributed by atoms with Crippen molar-refractivity contribution in [2.45, 2.75) is 39.8 Å². The van der Waals surface area contributed by atoms with Crippen LogP contribution in [0.1, 0.15) is 27.7 Å². The number of ether oxygens (including phenoxy) is 1. The Morgan fingerprint density at radius 2 is 1.65 bits per heavy atom. The minimum atomic E-state index is -3.61. The van der Waals surface area contributed by atoms with Gasteiger partial charge in [0, 0.05) is 6.04 Å². The monoisotopic (exact) mass is 342 g/mol. The van der Waals surface area contributed by atoms with Gasteiger partial charge in [0.05, 0.1) is 19.1 Å². The molecule has 0 bridgehead atoms. The lowest BCUT2D eigenvalue weighted by molar-refractivity contribution is -0.122. The summed E-state index contributed by atoms with van der Waals surface area (Å²) in [6, 6.07) is 5.68. The number of carbonyl (C=O) groups is 1. The number of hydrogen-bond acceptors (Lipinski definition) is 4. The Balaban J connectivity index is 3.09. The summed E-state index contributed by atoms with van der Waals surface area (Å²) in [6.07, 6.45) is 1.09.